The number of benzene rings is 2. The Morgan fingerprint density at radius 2 is 1.72 bits per heavy atom. The maximum atomic E-state index is 13.7. The zero-order valence-electron chi connectivity index (χ0n) is 15.8. The van der Waals surface area contributed by atoms with Crippen molar-refractivity contribution in [1.82, 2.24) is 4.98 Å². The Labute approximate surface area is 166 Å². The van der Waals surface area contributed by atoms with Crippen LogP contribution in [0.5, 0.6) is 11.5 Å². The summed E-state index contributed by atoms with van der Waals surface area (Å²) in [6.45, 7) is 0.494. The van der Waals surface area contributed by atoms with Gasteiger partial charge in [0.05, 0.1) is 26.1 Å². The molecule has 0 aliphatic heterocycles. The second-order valence-electron chi connectivity index (χ2n) is 6.03. The van der Waals surface area contributed by atoms with Crippen molar-refractivity contribution in [3.05, 3.63) is 77.6 Å². The van der Waals surface area contributed by atoms with Crippen LogP contribution in [0, 0.1) is 11.6 Å². The third-order valence-corrected chi connectivity index (χ3v) is 4.14. The summed E-state index contributed by atoms with van der Waals surface area (Å²) >= 11 is 0. The lowest BCUT2D eigenvalue weighted by atomic mass is 10.2. The Morgan fingerprint density at radius 3 is 2.34 bits per heavy atom. The second kappa shape index (κ2) is 9.01. The molecule has 2 N–H and O–H groups in total. The van der Waals surface area contributed by atoms with Crippen LogP contribution in [0.25, 0.3) is 0 Å². The third-order valence-electron chi connectivity index (χ3n) is 4.14. The van der Waals surface area contributed by atoms with Gasteiger partial charge in [-0.15, -0.1) is 0 Å². The average molecular weight is 399 g/mol. The van der Waals surface area contributed by atoms with E-state index in [1.54, 1.807) is 20.3 Å². The molecule has 3 aromatic rings. The summed E-state index contributed by atoms with van der Waals surface area (Å²) in [4.78, 5) is 16.2. The first-order chi connectivity index (χ1) is 14.0. The normalized spacial score (nSPS) is 10.3. The summed E-state index contributed by atoms with van der Waals surface area (Å²) in [6, 6.07) is 12.0. The molecule has 29 heavy (non-hydrogen) atoms. The van der Waals surface area contributed by atoms with Crippen molar-refractivity contribution in [2.45, 2.75) is 6.54 Å². The summed E-state index contributed by atoms with van der Waals surface area (Å²) in [5.41, 5.74) is 1.16. The molecule has 0 saturated heterocycles. The fourth-order valence-corrected chi connectivity index (χ4v) is 2.62. The van der Waals surface area contributed by atoms with E-state index in [0.29, 0.717) is 23.7 Å². The molecule has 2 aromatic carbocycles. The molecule has 1 aromatic heterocycles. The molecule has 0 aliphatic rings. The number of carbonyl (C=O) groups is 1. The summed E-state index contributed by atoms with van der Waals surface area (Å²) in [5.74, 6) is -1.16. The van der Waals surface area contributed by atoms with Gasteiger partial charge in [-0.1, -0.05) is 12.1 Å². The smallest absolute Gasteiger partial charge is 0.274 e. The van der Waals surface area contributed by atoms with Crippen LogP contribution in [-0.2, 0) is 6.54 Å². The lowest BCUT2D eigenvalue weighted by Gasteiger charge is -2.11. The van der Waals surface area contributed by atoms with Gasteiger partial charge in [0.25, 0.3) is 5.91 Å². The van der Waals surface area contributed by atoms with Crippen LogP contribution < -0.4 is 20.1 Å². The van der Waals surface area contributed by atoms with E-state index in [9.17, 15) is 13.6 Å². The fourth-order valence-electron chi connectivity index (χ4n) is 2.62. The first kappa shape index (κ1) is 20.1. The number of para-hydroxylation sites is 1. The SMILES string of the molecule is COc1ccc(CNc2ccc(C(=O)Nc3c(F)cccc3F)nc2)cc1OC. The summed E-state index contributed by atoms with van der Waals surface area (Å²) in [7, 11) is 3.13. The molecule has 150 valence electrons. The van der Waals surface area contributed by atoms with Crippen molar-refractivity contribution in [3.63, 3.8) is 0 Å². The fraction of sp³-hybridized carbons (Fsp3) is 0.143. The first-order valence-electron chi connectivity index (χ1n) is 8.68. The molecule has 0 spiro atoms. The van der Waals surface area contributed by atoms with Crippen LogP contribution in [0.2, 0.25) is 0 Å². The van der Waals surface area contributed by atoms with Crippen molar-refractivity contribution in [2.75, 3.05) is 24.9 Å². The number of pyridine rings is 1. The van der Waals surface area contributed by atoms with Gasteiger partial charge in [-0.3, -0.25) is 4.79 Å². The van der Waals surface area contributed by atoms with Crippen molar-refractivity contribution >= 4 is 17.3 Å². The molecule has 0 atom stereocenters. The number of ether oxygens (including phenoxy) is 2. The van der Waals surface area contributed by atoms with E-state index in [-0.39, 0.29) is 5.69 Å². The van der Waals surface area contributed by atoms with Crippen molar-refractivity contribution in [2.24, 2.45) is 0 Å². The number of hydrogen-bond acceptors (Lipinski definition) is 5. The minimum atomic E-state index is -0.855. The van der Waals surface area contributed by atoms with Gasteiger partial charge in [0.1, 0.15) is 23.0 Å². The molecular formula is C21H19F2N3O3. The van der Waals surface area contributed by atoms with Gasteiger partial charge >= 0.3 is 0 Å². The first-order valence-corrected chi connectivity index (χ1v) is 8.68. The zero-order valence-corrected chi connectivity index (χ0v) is 15.8. The van der Waals surface area contributed by atoms with Crippen LogP contribution in [-0.4, -0.2) is 25.1 Å². The predicted octanol–water partition coefficient (Wildman–Crippen LogP) is 4.24. The monoisotopic (exact) mass is 399 g/mol. The third kappa shape index (κ3) is 4.78. The standard InChI is InChI=1S/C21H19F2N3O3/c1-28-18-9-6-13(10-19(18)29-2)11-24-14-7-8-17(25-12-14)21(27)26-20-15(22)4-3-5-16(20)23/h3-10,12,24H,11H2,1-2H3,(H,26,27). The number of nitrogens with zero attached hydrogens (tertiary/aromatic N) is 1. The van der Waals surface area contributed by atoms with Crippen molar-refractivity contribution < 1.29 is 23.0 Å². The van der Waals surface area contributed by atoms with E-state index in [1.807, 2.05) is 18.2 Å². The number of carbonyl (C=O) groups excluding carboxylic acids is 1. The average Bonchev–Trinajstić information content (AvgIpc) is 2.75. The number of methoxy groups -OCH3 is 2. The lowest BCUT2D eigenvalue weighted by Crippen LogP contribution is -2.15. The van der Waals surface area contributed by atoms with Crippen LogP contribution in [0.3, 0.4) is 0 Å². The van der Waals surface area contributed by atoms with E-state index in [0.717, 1.165) is 17.7 Å². The van der Waals surface area contributed by atoms with Gasteiger partial charge in [-0.25, -0.2) is 13.8 Å². The van der Waals surface area contributed by atoms with Crippen LogP contribution in [0.4, 0.5) is 20.2 Å². The molecule has 0 fully saturated rings. The molecule has 1 heterocycles. The summed E-state index contributed by atoms with van der Waals surface area (Å²) in [6.07, 6.45) is 1.47. The van der Waals surface area contributed by atoms with Crippen molar-refractivity contribution in [1.29, 1.82) is 0 Å². The quantitative estimate of drug-likeness (QED) is 0.622. The Hall–Kier alpha value is -3.68. The van der Waals surface area contributed by atoms with Crippen LogP contribution in [0.1, 0.15) is 16.1 Å². The number of aromatic nitrogens is 1. The molecule has 0 radical (unpaired) electrons. The van der Waals surface area contributed by atoms with E-state index in [1.165, 1.54) is 18.3 Å². The van der Waals surface area contributed by atoms with Gasteiger partial charge in [-0.05, 0) is 42.0 Å². The number of amides is 1. The maximum absolute atomic E-state index is 13.7. The number of nitrogens with one attached hydrogen (secondary N) is 2. The molecule has 3 rings (SSSR count). The van der Waals surface area contributed by atoms with Gasteiger partial charge < -0.3 is 20.1 Å². The predicted molar refractivity (Wildman–Crippen MR) is 105 cm³/mol. The molecule has 1 amide bonds. The summed E-state index contributed by atoms with van der Waals surface area (Å²) in [5, 5.41) is 5.37. The number of rotatable bonds is 7. The van der Waals surface area contributed by atoms with Crippen LogP contribution in [0.15, 0.2) is 54.7 Å². The highest BCUT2D eigenvalue weighted by Gasteiger charge is 2.14. The highest BCUT2D eigenvalue weighted by molar-refractivity contribution is 6.03. The minimum absolute atomic E-state index is 0.0318. The largest absolute Gasteiger partial charge is 0.493 e. The van der Waals surface area contributed by atoms with E-state index >= 15 is 0 Å². The Morgan fingerprint density at radius 1 is 1.00 bits per heavy atom. The Bertz CT molecular complexity index is 990. The zero-order chi connectivity index (χ0) is 20.8. The second-order valence-corrected chi connectivity index (χ2v) is 6.03. The molecule has 8 heteroatoms. The highest BCUT2D eigenvalue weighted by atomic mass is 19.1. The van der Waals surface area contributed by atoms with Crippen molar-refractivity contribution in [3.8, 4) is 11.5 Å². The highest BCUT2D eigenvalue weighted by Crippen LogP contribution is 2.27. The van der Waals surface area contributed by atoms with E-state index in [4.69, 9.17) is 9.47 Å². The number of anilines is 2. The van der Waals surface area contributed by atoms with Gasteiger partial charge in [0, 0.05) is 6.54 Å². The molecule has 0 unspecified atom stereocenters. The van der Waals surface area contributed by atoms with Gasteiger partial charge in [0.15, 0.2) is 11.5 Å². The Kier molecular flexibility index (Phi) is 6.23. The topological polar surface area (TPSA) is 72.5 Å². The van der Waals surface area contributed by atoms with Gasteiger partial charge in [0.2, 0.25) is 0 Å². The molecule has 6 nitrogen and oxygen atoms in total. The molecule has 0 saturated carbocycles. The lowest BCUT2D eigenvalue weighted by molar-refractivity contribution is 0.102. The van der Waals surface area contributed by atoms with Gasteiger partial charge in [-0.2, -0.15) is 0 Å². The molecular weight excluding hydrogens is 380 g/mol. The number of halogens is 2. The summed E-state index contributed by atoms with van der Waals surface area (Å²) < 4.78 is 37.8. The maximum Gasteiger partial charge on any atom is 0.274 e. The minimum Gasteiger partial charge on any atom is -0.493 e. The Balaban J connectivity index is 1.63. The van der Waals surface area contributed by atoms with E-state index < -0.39 is 23.2 Å². The molecule has 0 bridgehead atoms. The number of hydrogen-bond donors (Lipinski definition) is 2. The van der Waals surface area contributed by atoms with E-state index in [2.05, 4.69) is 15.6 Å². The molecule has 0 aliphatic carbocycles. The van der Waals surface area contributed by atoms with Crippen LogP contribution >= 0.6 is 0 Å².